The lowest BCUT2D eigenvalue weighted by Crippen LogP contribution is -2.49. The maximum Gasteiger partial charge on any atom is 0.267 e. The lowest BCUT2D eigenvalue weighted by Gasteiger charge is -2.35. The Bertz CT molecular complexity index is 819. The highest BCUT2D eigenvalue weighted by atomic mass is 16.6. The largest absolute Gasteiger partial charge is 0.485 e. The monoisotopic (exact) mass is 367 g/mol. The van der Waals surface area contributed by atoms with Crippen molar-refractivity contribution in [3.8, 4) is 11.5 Å². The summed E-state index contributed by atoms with van der Waals surface area (Å²) in [5.41, 5.74) is 0.687. The van der Waals surface area contributed by atoms with Crippen molar-refractivity contribution >= 4 is 17.5 Å². The molecule has 2 aromatic rings. The number of amides is 2. The lowest BCUT2D eigenvalue weighted by atomic mass is 9.95. The van der Waals surface area contributed by atoms with E-state index in [1.807, 2.05) is 24.3 Å². The van der Waals surface area contributed by atoms with Crippen LogP contribution in [0.15, 0.2) is 48.8 Å². The second-order valence-corrected chi connectivity index (χ2v) is 6.69. The predicted octanol–water partition coefficient (Wildman–Crippen LogP) is 2.10. The maximum atomic E-state index is 12.7. The summed E-state index contributed by atoms with van der Waals surface area (Å²) < 4.78 is 11.4. The van der Waals surface area contributed by atoms with Gasteiger partial charge in [0, 0.05) is 25.2 Å². The summed E-state index contributed by atoms with van der Waals surface area (Å²) in [6.07, 6.45) is 3.90. The van der Waals surface area contributed by atoms with Crippen molar-refractivity contribution in [1.82, 2.24) is 9.88 Å². The molecular weight excluding hydrogens is 346 g/mol. The number of carbonyl (C=O) groups excluding carboxylic acids is 2. The quantitative estimate of drug-likeness (QED) is 0.899. The van der Waals surface area contributed by atoms with E-state index in [2.05, 4.69) is 10.3 Å². The summed E-state index contributed by atoms with van der Waals surface area (Å²) in [4.78, 5) is 30.9. The van der Waals surface area contributed by atoms with Gasteiger partial charge in [-0.2, -0.15) is 0 Å². The number of nitrogens with zero attached hydrogens (tertiary/aromatic N) is 2. The van der Waals surface area contributed by atoms with E-state index in [-0.39, 0.29) is 24.3 Å². The van der Waals surface area contributed by atoms with Crippen LogP contribution in [0.4, 0.5) is 5.69 Å². The standard InChI is InChI=1S/C20H21N3O4/c24-19(22-15-4-3-9-21-12-15)14-7-10-23(11-8-14)20(25)18-13-26-16-5-1-2-6-17(16)27-18/h1-6,9,12,14,18H,7-8,10-11,13H2,(H,22,24). The summed E-state index contributed by atoms with van der Waals surface area (Å²) in [5.74, 6) is 1.02. The summed E-state index contributed by atoms with van der Waals surface area (Å²) >= 11 is 0. The first kappa shape index (κ1) is 17.3. The van der Waals surface area contributed by atoms with E-state index in [4.69, 9.17) is 9.47 Å². The van der Waals surface area contributed by atoms with Gasteiger partial charge in [0.1, 0.15) is 6.61 Å². The van der Waals surface area contributed by atoms with Crippen LogP contribution in [0, 0.1) is 5.92 Å². The summed E-state index contributed by atoms with van der Waals surface area (Å²) in [7, 11) is 0. The first-order valence-electron chi connectivity index (χ1n) is 9.09. The molecule has 0 spiro atoms. The Hall–Kier alpha value is -3.09. The van der Waals surface area contributed by atoms with Gasteiger partial charge in [0.15, 0.2) is 11.5 Å². The third-order valence-electron chi connectivity index (χ3n) is 4.89. The molecule has 4 rings (SSSR count). The molecule has 1 saturated heterocycles. The topological polar surface area (TPSA) is 80.8 Å². The first-order chi connectivity index (χ1) is 13.2. The van der Waals surface area contributed by atoms with Crippen LogP contribution < -0.4 is 14.8 Å². The Morgan fingerprint density at radius 2 is 1.85 bits per heavy atom. The second kappa shape index (κ2) is 7.65. The number of fused-ring (bicyclic) bond motifs is 1. The van der Waals surface area contributed by atoms with Gasteiger partial charge in [0.2, 0.25) is 12.0 Å². The van der Waals surface area contributed by atoms with E-state index in [0.29, 0.717) is 43.1 Å². The molecule has 1 aromatic heterocycles. The van der Waals surface area contributed by atoms with Crippen molar-refractivity contribution in [2.24, 2.45) is 5.92 Å². The van der Waals surface area contributed by atoms with Crippen LogP contribution in [0.2, 0.25) is 0 Å². The van der Waals surface area contributed by atoms with Gasteiger partial charge < -0.3 is 19.7 Å². The number of aromatic nitrogens is 1. The Kier molecular flexibility index (Phi) is 4.91. The molecule has 2 amide bonds. The van der Waals surface area contributed by atoms with Crippen LogP contribution in [-0.4, -0.2) is 47.5 Å². The Morgan fingerprint density at radius 3 is 2.59 bits per heavy atom. The smallest absolute Gasteiger partial charge is 0.267 e. The molecule has 2 aliphatic heterocycles. The van der Waals surface area contributed by atoms with Gasteiger partial charge in [-0.15, -0.1) is 0 Å². The number of ether oxygens (including phenoxy) is 2. The molecule has 2 aliphatic rings. The molecule has 7 nitrogen and oxygen atoms in total. The fourth-order valence-corrected chi connectivity index (χ4v) is 3.39. The fourth-order valence-electron chi connectivity index (χ4n) is 3.39. The number of hydrogen-bond acceptors (Lipinski definition) is 5. The highest BCUT2D eigenvalue weighted by Gasteiger charge is 2.34. The van der Waals surface area contributed by atoms with Crippen LogP contribution in [0.1, 0.15) is 12.8 Å². The van der Waals surface area contributed by atoms with Crippen molar-refractivity contribution in [3.63, 3.8) is 0 Å². The number of rotatable bonds is 3. The van der Waals surface area contributed by atoms with Gasteiger partial charge in [0.05, 0.1) is 11.9 Å². The number of benzene rings is 1. The van der Waals surface area contributed by atoms with Crippen LogP contribution in [0.3, 0.4) is 0 Å². The molecule has 0 saturated carbocycles. The van der Waals surface area contributed by atoms with Crippen LogP contribution >= 0.6 is 0 Å². The third kappa shape index (κ3) is 3.86. The maximum absolute atomic E-state index is 12.7. The minimum atomic E-state index is -0.638. The molecule has 7 heteroatoms. The number of pyridine rings is 1. The molecule has 27 heavy (non-hydrogen) atoms. The summed E-state index contributed by atoms with van der Waals surface area (Å²) in [5, 5.41) is 2.88. The van der Waals surface area contributed by atoms with E-state index in [0.717, 1.165) is 0 Å². The van der Waals surface area contributed by atoms with E-state index < -0.39 is 6.10 Å². The van der Waals surface area contributed by atoms with Gasteiger partial charge in [-0.05, 0) is 37.1 Å². The number of para-hydroxylation sites is 2. The van der Waals surface area contributed by atoms with E-state index in [9.17, 15) is 9.59 Å². The molecule has 1 N–H and O–H groups in total. The number of hydrogen-bond donors (Lipinski definition) is 1. The number of carbonyl (C=O) groups is 2. The van der Waals surface area contributed by atoms with Gasteiger partial charge >= 0.3 is 0 Å². The fraction of sp³-hybridized carbons (Fsp3) is 0.350. The molecule has 3 heterocycles. The predicted molar refractivity (Wildman–Crippen MR) is 98.5 cm³/mol. The average molecular weight is 367 g/mol. The number of nitrogens with one attached hydrogen (secondary N) is 1. The van der Waals surface area contributed by atoms with E-state index in [1.165, 1.54) is 0 Å². The minimum absolute atomic E-state index is 0.0266. The zero-order valence-corrected chi connectivity index (χ0v) is 14.8. The molecular formula is C20H21N3O4. The van der Waals surface area contributed by atoms with Crippen molar-refractivity contribution in [1.29, 1.82) is 0 Å². The highest BCUT2D eigenvalue weighted by molar-refractivity contribution is 5.92. The number of piperidine rings is 1. The number of likely N-dealkylation sites (tertiary alicyclic amines) is 1. The molecule has 0 radical (unpaired) electrons. The van der Waals surface area contributed by atoms with Gasteiger partial charge in [-0.1, -0.05) is 12.1 Å². The van der Waals surface area contributed by atoms with Gasteiger partial charge in [-0.25, -0.2) is 0 Å². The Balaban J connectivity index is 1.30. The van der Waals surface area contributed by atoms with Crippen molar-refractivity contribution in [3.05, 3.63) is 48.8 Å². The van der Waals surface area contributed by atoms with E-state index in [1.54, 1.807) is 29.4 Å². The minimum Gasteiger partial charge on any atom is -0.485 e. The van der Waals surface area contributed by atoms with Gasteiger partial charge in [-0.3, -0.25) is 14.6 Å². The molecule has 0 bridgehead atoms. The zero-order valence-electron chi connectivity index (χ0n) is 14.8. The normalized spacial score (nSPS) is 19.4. The number of anilines is 1. The Labute approximate surface area is 157 Å². The third-order valence-corrected chi connectivity index (χ3v) is 4.89. The first-order valence-corrected chi connectivity index (χ1v) is 9.09. The SMILES string of the molecule is O=C(Nc1cccnc1)C1CCN(C(=O)C2COc3ccccc3O2)CC1. The molecule has 1 atom stereocenters. The zero-order chi connectivity index (χ0) is 18.6. The molecule has 140 valence electrons. The molecule has 1 fully saturated rings. The van der Waals surface area contributed by atoms with E-state index >= 15 is 0 Å². The van der Waals surface area contributed by atoms with Crippen LogP contribution in [-0.2, 0) is 9.59 Å². The molecule has 0 aliphatic carbocycles. The average Bonchev–Trinajstić information content (AvgIpc) is 2.73. The Morgan fingerprint density at radius 1 is 1.07 bits per heavy atom. The highest BCUT2D eigenvalue weighted by Crippen LogP contribution is 2.31. The lowest BCUT2D eigenvalue weighted by molar-refractivity contribution is -0.143. The van der Waals surface area contributed by atoms with Crippen molar-refractivity contribution in [2.75, 3.05) is 25.0 Å². The molecule has 1 aromatic carbocycles. The van der Waals surface area contributed by atoms with Crippen LogP contribution in [0.25, 0.3) is 0 Å². The van der Waals surface area contributed by atoms with Crippen molar-refractivity contribution < 1.29 is 19.1 Å². The second-order valence-electron chi connectivity index (χ2n) is 6.69. The van der Waals surface area contributed by atoms with Crippen LogP contribution in [0.5, 0.6) is 11.5 Å². The summed E-state index contributed by atoms with van der Waals surface area (Å²) in [6, 6.07) is 10.9. The van der Waals surface area contributed by atoms with Crippen molar-refractivity contribution in [2.45, 2.75) is 18.9 Å². The van der Waals surface area contributed by atoms with Gasteiger partial charge in [0.25, 0.3) is 5.91 Å². The molecule has 1 unspecified atom stereocenters. The summed E-state index contributed by atoms with van der Waals surface area (Å²) in [6.45, 7) is 1.27.